The van der Waals surface area contributed by atoms with Gasteiger partial charge in [-0.15, -0.1) is 0 Å². The molecule has 0 spiro atoms. The first-order valence-electron chi connectivity index (χ1n) is 9.40. The highest BCUT2D eigenvalue weighted by Gasteiger charge is 2.41. The number of likely N-dealkylation sites (tertiary alicyclic amines) is 1. The van der Waals surface area contributed by atoms with Crippen molar-refractivity contribution in [2.24, 2.45) is 0 Å². The topological polar surface area (TPSA) is 64.1 Å². The first-order valence-corrected chi connectivity index (χ1v) is 9.78. The Labute approximate surface area is 174 Å². The summed E-state index contributed by atoms with van der Waals surface area (Å²) in [5, 5.41) is 10.2. The fraction of sp³-hybridized carbons (Fsp3) is 0.286. The number of hydrogen-bond acceptors (Lipinski definition) is 4. The minimum atomic E-state index is -4.99. The minimum Gasteiger partial charge on any atom is -0.507 e. The molecule has 0 radical (unpaired) electrons. The zero-order valence-electron chi connectivity index (χ0n) is 15.7. The van der Waals surface area contributed by atoms with Gasteiger partial charge in [0, 0.05) is 12.8 Å². The normalized spacial score (nSPS) is 15.1. The van der Waals surface area contributed by atoms with Crippen LogP contribution in [0.2, 0.25) is 5.02 Å². The Hall–Kier alpha value is -2.71. The maximum Gasteiger partial charge on any atom is 0.453 e. The number of phenolic OH excluding ortho intramolecular Hbond substituents is 1. The summed E-state index contributed by atoms with van der Waals surface area (Å²) in [6, 6.07) is 8.41. The highest BCUT2D eigenvalue weighted by molar-refractivity contribution is 6.32. The zero-order valence-corrected chi connectivity index (χ0v) is 16.4. The Kier molecular flexibility index (Phi) is 5.38. The molecule has 0 amide bonds. The number of ether oxygens (including phenoxy) is 1. The molecule has 0 atom stereocenters. The average molecular weight is 441 g/mol. The monoisotopic (exact) mass is 440 g/mol. The fourth-order valence-corrected chi connectivity index (χ4v) is 3.85. The van der Waals surface area contributed by atoms with Crippen LogP contribution in [-0.4, -0.2) is 18.2 Å². The first-order chi connectivity index (χ1) is 14.3. The number of nitrogens with one attached hydrogen (secondary N) is 1. The molecule has 1 aliphatic heterocycles. The summed E-state index contributed by atoms with van der Waals surface area (Å²) < 4.78 is 51.8. The standard InChI is InChI=1S/C21H17ClF3NO4/c22-14-5-1-2-6-16(14)29-19-17(28)12-7-8-15(27)13(11-26-9-3-4-10-26)18(12)30-20(19)21(23,24)25/h1-2,5-8,27H,3-4,9-11H2/p+1. The van der Waals surface area contributed by atoms with Crippen LogP contribution in [0.15, 0.2) is 45.6 Å². The van der Waals surface area contributed by atoms with E-state index in [-0.39, 0.29) is 39.6 Å². The van der Waals surface area contributed by atoms with Crippen LogP contribution in [0.5, 0.6) is 17.2 Å². The maximum atomic E-state index is 13.8. The molecular weight excluding hydrogens is 423 g/mol. The van der Waals surface area contributed by atoms with Crippen molar-refractivity contribution in [2.75, 3.05) is 13.1 Å². The largest absolute Gasteiger partial charge is 0.507 e. The second-order valence-corrected chi connectivity index (χ2v) is 7.60. The summed E-state index contributed by atoms with van der Waals surface area (Å²) in [7, 11) is 0. The summed E-state index contributed by atoms with van der Waals surface area (Å²) in [4.78, 5) is 14.1. The van der Waals surface area contributed by atoms with Gasteiger partial charge in [-0.1, -0.05) is 23.7 Å². The smallest absolute Gasteiger partial charge is 0.453 e. The lowest BCUT2D eigenvalue weighted by atomic mass is 10.1. The molecule has 2 aromatic carbocycles. The van der Waals surface area contributed by atoms with Crippen LogP contribution in [0, 0.1) is 0 Å². The Morgan fingerprint density at radius 3 is 2.50 bits per heavy atom. The minimum absolute atomic E-state index is 0.0501. The van der Waals surface area contributed by atoms with E-state index in [4.69, 9.17) is 20.8 Å². The van der Waals surface area contributed by atoms with Crippen molar-refractivity contribution in [3.63, 3.8) is 0 Å². The van der Waals surface area contributed by atoms with Gasteiger partial charge in [-0.2, -0.15) is 13.2 Å². The molecular formula is C21H18ClF3NO4+. The molecule has 1 saturated heterocycles. The molecule has 0 unspecified atom stereocenters. The molecule has 158 valence electrons. The highest BCUT2D eigenvalue weighted by atomic mass is 35.5. The van der Waals surface area contributed by atoms with Crippen molar-refractivity contribution in [3.05, 3.63) is 63.0 Å². The van der Waals surface area contributed by atoms with E-state index in [1.807, 2.05) is 0 Å². The molecule has 4 rings (SSSR count). The number of quaternary nitrogens is 1. The third-order valence-corrected chi connectivity index (χ3v) is 5.45. The second kappa shape index (κ2) is 7.85. The van der Waals surface area contributed by atoms with Gasteiger partial charge in [0.2, 0.25) is 11.2 Å². The number of fused-ring (bicyclic) bond motifs is 1. The predicted molar refractivity (Wildman–Crippen MR) is 104 cm³/mol. The number of rotatable bonds is 4. The van der Waals surface area contributed by atoms with Gasteiger partial charge < -0.3 is 19.2 Å². The number of phenols is 1. The summed E-state index contributed by atoms with van der Waals surface area (Å²) in [6.45, 7) is 1.92. The zero-order chi connectivity index (χ0) is 21.5. The quantitative estimate of drug-likeness (QED) is 0.640. The van der Waals surface area contributed by atoms with Gasteiger partial charge in [0.15, 0.2) is 5.58 Å². The average Bonchev–Trinajstić information content (AvgIpc) is 3.20. The van der Waals surface area contributed by atoms with E-state index in [0.717, 1.165) is 30.8 Å². The van der Waals surface area contributed by atoms with Gasteiger partial charge in [-0.05, 0) is 24.3 Å². The molecule has 1 aliphatic rings. The molecule has 3 aromatic rings. The van der Waals surface area contributed by atoms with Gasteiger partial charge in [-0.3, -0.25) is 4.79 Å². The molecule has 2 N–H and O–H groups in total. The van der Waals surface area contributed by atoms with Gasteiger partial charge in [-0.25, -0.2) is 0 Å². The van der Waals surface area contributed by atoms with Gasteiger partial charge in [0.1, 0.15) is 18.0 Å². The summed E-state index contributed by atoms with van der Waals surface area (Å²) in [5.74, 6) is -2.87. The van der Waals surface area contributed by atoms with Crippen molar-refractivity contribution in [1.82, 2.24) is 0 Å². The van der Waals surface area contributed by atoms with Crippen LogP contribution in [-0.2, 0) is 12.7 Å². The molecule has 1 fully saturated rings. The number of alkyl halides is 3. The number of benzene rings is 2. The van der Waals surface area contributed by atoms with Crippen molar-refractivity contribution in [3.8, 4) is 17.2 Å². The van der Waals surface area contributed by atoms with E-state index in [9.17, 15) is 23.1 Å². The molecule has 5 nitrogen and oxygen atoms in total. The lowest BCUT2D eigenvalue weighted by molar-refractivity contribution is -0.901. The van der Waals surface area contributed by atoms with Crippen molar-refractivity contribution >= 4 is 22.6 Å². The lowest BCUT2D eigenvalue weighted by Gasteiger charge is -2.17. The number of halogens is 4. The predicted octanol–water partition coefficient (Wildman–Crippen LogP) is 4.14. The lowest BCUT2D eigenvalue weighted by Crippen LogP contribution is -3.08. The molecule has 0 aliphatic carbocycles. The summed E-state index contributed by atoms with van der Waals surface area (Å²) in [6.07, 6.45) is -3.00. The Morgan fingerprint density at radius 1 is 1.13 bits per heavy atom. The highest BCUT2D eigenvalue weighted by Crippen LogP contribution is 2.40. The van der Waals surface area contributed by atoms with Crippen LogP contribution in [0.1, 0.15) is 24.2 Å². The summed E-state index contributed by atoms with van der Waals surface area (Å²) >= 11 is 5.98. The Bertz CT molecular complexity index is 1150. The third-order valence-electron chi connectivity index (χ3n) is 5.14. The second-order valence-electron chi connectivity index (χ2n) is 7.19. The van der Waals surface area contributed by atoms with Gasteiger partial charge in [0.05, 0.1) is 29.1 Å². The Morgan fingerprint density at radius 2 is 1.83 bits per heavy atom. The molecule has 0 saturated carbocycles. The molecule has 9 heteroatoms. The van der Waals surface area contributed by atoms with Crippen LogP contribution in [0.3, 0.4) is 0 Å². The number of aromatic hydroxyl groups is 1. The van der Waals surface area contributed by atoms with Crippen LogP contribution >= 0.6 is 11.6 Å². The third kappa shape index (κ3) is 3.85. The summed E-state index contributed by atoms with van der Waals surface area (Å²) in [5.41, 5.74) is -1.09. The van der Waals surface area contributed by atoms with Crippen molar-refractivity contribution < 1.29 is 32.3 Å². The van der Waals surface area contributed by atoms with E-state index >= 15 is 0 Å². The van der Waals surface area contributed by atoms with Crippen molar-refractivity contribution in [1.29, 1.82) is 0 Å². The van der Waals surface area contributed by atoms with E-state index in [1.165, 1.54) is 30.3 Å². The molecule has 2 heterocycles. The fourth-order valence-electron chi connectivity index (χ4n) is 3.68. The van der Waals surface area contributed by atoms with Crippen molar-refractivity contribution in [2.45, 2.75) is 25.6 Å². The van der Waals surface area contributed by atoms with E-state index < -0.39 is 23.1 Å². The first kappa shape index (κ1) is 20.6. The molecule has 1 aromatic heterocycles. The van der Waals surface area contributed by atoms with Crippen LogP contribution in [0.4, 0.5) is 13.2 Å². The number of hydrogen-bond donors (Lipinski definition) is 2. The van der Waals surface area contributed by atoms with Gasteiger partial charge in [0.25, 0.3) is 5.76 Å². The molecule has 0 bridgehead atoms. The van der Waals surface area contributed by atoms with E-state index in [1.54, 1.807) is 6.07 Å². The van der Waals surface area contributed by atoms with E-state index in [2.05, 4.69) is 0 Å². The van der Waals surface area contributed by atoms with E-state index in [0.29, 0.717) is 0 Å². The maximum absolute atomic E-state index is 13.8. The SMILES string of the molecule is O=c1c(Oc2ccccc2Cl)c(C(F)(F)F)oc2c(C[NH+]3CCCC3)c(O)ccc12. The number of para-hydroxylation sites is 1. The van der Waals surface area contributed by atoms with Crippen LogP contribution < -0.4 is 15.1 Å². The van der Waals surface area contributed by atoms with Gasteiger partial charge >= 0.3 is 6.18 Å². The Balaban J connectivity index is 1.92. The molecule has 30 heavy (non-hydrogen) atoms. The van der Waals surface area contributed by atoms with Crippen LogP contribution in [0.25, 0.3) is 11.0 Å².